The summed E-state index contributed by atoms with van der Waals surface area (Å²) < 4.78 is 2.07. The Morgan fingerprint density at radius 2 is 1.66 bits per heavy atom. The van der Waals surface area contributed by atoms with Crippen LogP contribution >= 0.6 is 11.3 Å². The van der Waals surface area contributed by atoms with E-state index in [1.807, 2.05) is 60.8 Å². The molecule has 0 aliphatic carbocycles. The molecule has 0 saturated heterocycles. The Morgan fingerprint density at radius 1 is 0.931 bits per heavy atom. The average Bonchev–Trinajstić information content (AvgIpc) is 3.13. The third kappa shape index (κ3) is 3.75. The van der Waals surface area contributed by atoms with Gasteiger partial charge in [0, 0.05) is 23.1 Å². The third-order valence-electron chi connectivity index (χ3n) is 4.75. The number of thiazole rings is 1. The van der Waals surface area contributed by atoms with Gasteiger partial charge in [0.05, 0.1) is 22.0 Å². The van der Waals surface area contributed by atoms with Crippen molar-refractivity contribution in [2.45, 2.75) is 13.8 Å². The number of hydrogen-bond acceptors (Lipinski definition) is 4. The van der Waals surface area contributed by atoms with E-state index in [0.717, 1.165) is 38.6 Å². The zero-order valence-corrected chi connectivity index (χ0v) is 16.9. The second-order valence-corrected chi connectivity index (χ2v) is 7.57. The molecule has 0 radical (unpaired) electrons. The molecule has 144 valence electrons. The van der Waals surface area contributed by atoms with Crippen LogP contribution < -0.4 is 4.80 Å². The number of aromatic nitrogens is 1. The van der Waals surface area contributed by atoms with E-state index in [-0.39, 0.29) is 10.6 Å². The number of nitro groups is 1. The molecule has 1 heterocycles. The van der Waals surface area contributed by atoms with Crippen LogP contribution in [0.3, 0.4) is 0 Å². The predicted molar refractivity (Wildman–Crippen MR) is 117 cm³/mol. The molecule has 6 heteroatoms. The fourth-order valence-electron chi connectivity index (χ4n) is 3.21. The van der Waals surface area contributed by atoms with Crippen LogP contribution in [0.25, 0.3) is 16.9 Å². The highest BCUT2D eigenvalue weighted by Gasteiger charge is 2.15. The molecule has 5 nitrogen and oxygen atoms in total. The molecule has 0 fully saturated rings. The predicted octanol–water partition coefficient (Wildman–Crippen LogP) is 5.96. The highest BCUT2D eigenvalue weighted by atomic mass is 32.1. The fraction of sp³-hybridized carbons (Fsp3) is 0.0870. The van der Waals surface area contributed by atoms with Crippen molar-refractivity contribution in [3.63, 3.8) is 0 Å². The van der Waals surface area contributed by atoms with Crippen LogP contribution in [0, 0.1) is 24.0 Å². The standard InChI is InChI=1S/C23H19N3O2S/c1-16-8-3-5-12-20(16)24-23-25(21-13-6-4-9-17(21)2)22(15-29-23)18-10-7-11-19(14-18)26(27)28/h3-15H,1-2H3. The highest BCUT2D eigenvalue weighted by Crippen LogP contribution is 2.28. The summed E-state index contributed by atoms with van der Waals surface area (Å²) in [5.74, 6) is 0. The zero-order chi connectivity index (χ0) is 20.4. The van der Waals surface area contributed by atoms with E-state index in [9.17, 15) is 10.1 Å². The second kappa shape index (κ2) is 7.85. The average molecular weight is 401 g/mol. The summed E-state index contributed by atoms with van der Waals surface area (Å²) in [7, 11) is 0. The molecule has 0 amide bonds. The van der Waals surface area contributed by atoms with Crippen molar-refractivity contribution in [3.8, 4) is 16.9 Å². The molecule has 29 heavy (non-hydrogen) atoms. The summed E-state index contributed by atoms with van der Waals surface area (Å²) in [6.07, 6.45) is 0. The van der Waals surface area contributed by atoms with E-state index < -0.39 is 0 Å². The molecule has 0 bridgehead atoms. The fourth-order valence-corrected chi connectivity index (χ4v) is 4.12. The second-order valence-electron chi connectivity index (χ2n) is 6.73. The van der Waals surface area contributed by atoms with Crippen LogP contribution in [0.5, 0.6) is 0 Å². The number of benzene rings is 3. The van der Waals surface area contributed by atoms with Gasteiger partial charge >= 0.3 is 0 Å². The smallest absolute Gasteiger partial charge is 0.270 e. The van der Waals surface area contributed by atoms with Crippen LogP contribution in [-0.4, -0.2) is 9.49 Å². The maximum absolute atomic E-state index is 11.3. The maximum Gasteiger partial charge on any atom is 0.270 e. The minimum atomic E-state index is -0.368. The van der Waals surface area contributed by atoms with Crippen molar-refractivity contribution in [2.75, 3.05) is 0 Å². The number of rotatable bonds is 4. The Balaban J connectivity index is 2.00. The molecule has 0 aliphatic heterocycles. The van der Waals surface area contributed by atoms with Crippen molar-refractivity contribution in [3.05, 3.63) is 104 Å². The van der Waals surface area contributed by atoms with Crippen molar-refractivity contribution in [1.82, 2.24) is 4.57 Å². The quantitative estimate of drug-likeness (QED) is 0.313. The lowest BCUT2D eigenvalue weighted by atomic mass is 10.1. The van der Waals surface area contributed by atoms with Gasteiger partial charge in [-0.3, -0.25) is 14.7 Å². The lowest BCUT2D eigenvalue weighted by molar-refractivity contribution is -0.384. The number of nitrogens with zero attached hydrogens (tertiary/aromatic N) is 3. The number of non-ortho nitro benzene ring substituents is 1. The topological polar surface area (TPSA) is 60.4 Å². The lowest BCUT2D eigenvalue weighted by Gasteiger charge is -2.12. The van der Waals surface area contributed by atoms with Crippen LogP contribution in [-0.2, 0) is 0 Å². The summed E-state index contributed by atoms with van der Waals surface area (Å²) in [4.78, 5) is 16.6. The molecule has 0 spiro atoms. The SMILES string of the molecule is Cc1ccccc1N=c1scc(-c2cccc([N+](=O)[O-])c2)n1-c1ccccc1C. The van der Waals surface area contributed by atoms with Crippen LogP contribution in [0.2, 0.25) is 0 Å². The van der Waals surface area contributed by atoms with E-state index in [2.05, 4.69) is 17.6 Å². The number of hydrogen-bond donors (Lipinski definition) is 0. The Bertz CT molecular complexity index is 1270. The molecule has 4 rings (SSSR count). The minimum absolute atomic E-state index is 0.0717. The van der Waals surface area contributed by atoms with Crippen LogP contribution in [0.1, 0.15) is 11.1 Å². The molecule has 0 N–H and O–H groups in total. The van der Waals surface area contributed by atoms with E-state index in [4.69, 9.17) is 4.99 Å². The van der Waals surface area contributed by atoms with Gasteiger partial charge in [0.25, 0.3) is 5.69 Å². The Morgan fingerprint density at radius 3 is 2.38 bits per heavy atom. The molecular weight excluding hydrogens is 382 g/mol. The Labute approximate surface area is 172 Å². The monoisotopic (exact) mass is 401 g/mol. The van der Waals surface area contributed by atoms with Gasteiger partial charge in [-0.1, -0.05) is 48.5 Å². The van der Waals surface area contributed by atoms with E-state index in [1.54, 1.807) is 12.1 Å². The van der Waals surface area contributed by atoms with Gasteiger partial charge in [0.1, 0.15) is 0 Å². The van der Waals surface area contributed by atoms with E-state index in [1.165, 1.54) is 17.4 Å². The highest BCUT2D eigenvalue weighted by molar-refractivity contribution is 7.07. The lowest BCUT2D eigenvalue weighted by Crippen LogP contribution is -2.15. The van der Waals surface area contributed by atoms with E-state index >= 15 is 0 Å². The number of nitro benzene ring substituents is 1. The molecular formula is C23H19N3O2S. The summed E-state index contributed by atoms with van der Waals surface area (Å²) in [6, 6.07) is 22.8. The van der Waals surface area contributed by atoms with Crippen molar-refractivity contribution in [1.29, 1.82) is 0 Å². The minimum Gasteiger partial charge on any atom is -0.285 e. The van der Waals surface area contributed by atoms with Crippen LogP contribution in [0.4, 0.5) is 11.4 Å². The molecule has 0 aliphatic rings. The first-order valence-electron chi connectivity index (χ1n) is 9.16. The summed E-state index contributed by atoms with van der Waals surface area (Å²) >= 11 is 1.52. The molecule has 0 unspecified atom stereocenters. The van der Waals surface area contributed by atoms with Crippen molar-refractivity contribution >= 4 is 22.7 Å². The zero-order valence-electron chi connectivity index (χ0n) is 16.1. The first kappa shape index (κ1) is 18.8. The molecule has 0 atom stereocenters. The Hall–Kier alpha value is -3.51. The molecule has 4 aromatic rings. The summed E-state index contributed by atoms with van der Waals surface area (Å²) in [5.41, 5.74) is 5.83. The Kier molecular flexibility index (Phi) is 5.10. The largest absolute Gasteiger partial charge is 0.285 e. The first-order valence-corrected chi connectivity index (χ1v) is 10.0. The normalized spacial score (nSPS) is 11.6. The van der Waals surface area contributed by atoms with Gasteiger partial charge in [0.2, 0.25) is 0 Å². The maximum atomic E-state index is 11.3. The van der Waals surface area contributed by atoms with Gasteiger partial charge in [-0.15, -0.1) is 11.3 Å². The third-order valence-corrected chi connectivity index (χ3v) is 5.57. The number of aryl methyl sites for hydroxylation is 2. The van der Waals surface area contributed by atoms with Crippen molar-refractivity contribution < 1.29 is 4.92 Å². The van der Waals surface area contributed by atoms with Crippen molar-refractivity contribution in [2.24, 2.45) is 4.99 Å². The van der Waals surface area contributed by atoms with Gasteiger partial charge in [-0.2, -0.15) is 0 Å². The van der Waals surface area contributed by atoms with E-state index in [0.29, 0.717) is 0 Å². The summed E-state index contributed by atoms with van der Waals surface area (Å²) in [6.45, 7) is 4.08. The molecule has 1 aromatic heterocycles. The van der Waals surface area contributed by atoms with Gasteiger partial charge in [-0.05, 0) is 37.1 Å². The molecule has 3 aromatic carbocycles. The molecule has 0 saturated carbocycles. The van der Waals surface area contributed by atoms with Gasteiger partial charge < -0.3 is 0 Å². The number of para-hydroxylation sites is 2. The van der Waals surface area contributed by atoms with Crippen LogP contribution in [0.15, 0.2) is 83.2 Å². The first-order chi connectivity index (χ1) is 14.0. The summed E-state index contributed by atoms with van der Waals surface area (Å²) in [5, 5.41) is 13.3. The van der Waals surface area contributed by atoms with Gasteiger partial charge in [-0.25, -0.2) is 4.99 Å². The van der Waals surface area contributed by atoms with Gasteiger partial charge in [0.15, 0.2) is 4.80 Å².